The van der Waals surface area contributed by atoms with Gasteiger partial charge in [0.2, 0.25) is 0 Å². The van der Waals surface area contributed by atoms with Gasteiger partial charge in [0.1, 0.15) is 0 Å². The average molecular weight is 600 g/mol. The second-order valence-corrected chi connectivity index (χ2v) is 13.1. The molecule has 0 saturated carbocycles. The number of para-hydroxylation sites is 1. The summed E-state index contributed by atoms with van der Waals surface area (Å²) in [7, 11) is 0. The zero-order chi connectivity index (χ0) is 30.5. The van der Waals surface area contributed by atoms with Gasteiger partial charge in [-0.1, -0.05) is 123 Å². The summed E-state index contributed by atoms with van der Waals surface area (Å²) in [5.74, 6) is 0. The van der Waals surface area contributed by atoms with Crippen LogP contribution in [0.25, 0.3) is 38.6 Å². The molecule has 0 saturated heterocycles. The molecule has 8 rings (SSSR count). The lowest BCUT2D eigenvalue weighted by Gasteiger charge is -2.27. The van der Waals surface area contributed by atoms with Crippen molar-refractivity contribution in [2.45, 2.75) is 32.1 Å². The van der Waals surface area contributed by atoms with Crippen molar-refractivity contribution in [1.29, 1.82) is 0 Å². The van der Waals surface area contributed by atoms with E-state index in [1.807, 2.05) is 0 Å². The second kappa shape index (κ2) is 10.9. The second-order valence-electron chi connectivity index (χ2n) is 12.6. The van der Waals surface area contributed by atoms with Crippen LogP contribution in [0.4, 0.5) is 17.1 Å². The molecule has 0 atom stereocenters. The first kappa shape index (κ1) is 27.7. The van der Waals surface area contributed by atoms with Crippen LogP contribution in [0.5, 0.6) is 0 Å². The van der Waals surface area contributed by atoms with E-state index in [1.54, 1.807) is 0 Å². The molecule has 0 fully saturated rings. The number of hydrogen-bond donors (Lipinski definition) is 0. The Morgan fingerprint density at radius 2 is 1.29 bits per heavy atom. The molecule has 0 aliphatic heterocycles. The van der Waals surface area contributed by atoms with Crippen molar-refractivity contribution in [1.82, 2.24) is 0 Å². The number of halogens is 1. The molecule has 0 spiro atoms. The van der Waals surface area contributed by atoms with E-state index in [-0.39, 0.29) is 5.41 Å². The summed E-state index contributed by atoms with van der Waals surface area (Å²) in [5.41, 5.74) is 13.4. The first-order valence-electron chi connectivity index (χ1n) is 15.8. The van der Waals surface area contributed by atoms with Crippen LogP contribution < -0.4 is 4.90 Å². The molecule has 0 bridgehead atoms. The van der Waals surface area contributed by atoms with Crippen molar-refractivity contribution in [3.8, 4) is 22.3 Å². The van der Waals surface area contributed by atoms with Crippen LogP contribution in [-0.2, 0) is 5.41 Å². The number of nitrogens with zero attached hydrogens (tertiary/aromatic N) is 1. The van der Waals surface area contributed by atoms with Gasteiger partial charge in [-0.15, -0.1) is 0 Å². The summed E-state index contributed by atoms with van der Waals surface area (Å²) >= 11 is 7.00. The summed E-state index contributed by atoms with van der Waals surface area (Å²) < 4.78 is 0. The fourth-order valence-electron chi connectivity index (χ4n) is 7.30. The van der Waals surface area contributed by atoms with E-state index in [4.69, 9.17) is 11.6 Å². The van der Waals surface area contributed by atoms with Gasteiger partial charge in [0.25, 0.3) is 0 Å². The SMILES string of the molecule is CC1(C)c2ccccc2-c2c1cc(-c1cc(Cl)cc(N(c3ccccc3)c3ccc(C4=CCCC=C4)cc3)c1)c1ccccc21. The average Bonchev–Trinajstić information content (AvgIpc) is 3.32. The first-order chi connectivity index (χ1) is 22.0. The van der Waals surface area contributed by atoms with Gasteiger partial charge in [-0.3, -0.25) is 0 Å². The summed E-state index contributed by atoms with van der Waals surface area (Å²) in [6.07, 6.45) is 9.03. The maximum atomic E-state index is 7.00. The largest absolute Gasteiger partial charge is 0.310 e. The topological polar surface area (TPSA) is 3.24 Å². The molecule has 0 amide bonds. The molecule has 1 nitrogen and oxygen atoms in total. The summed E-state index contributed by atoms with van der Waals surface area (Å²) in [5, 5.41) is 3.23. The van der Waals surface area contributed by atoms with Crippen molar-refractivity contribution in [3.63, 3.8) is 0 Å². The predicted octanol–water partition coefficient (Wildman–Crippen LogP) is 12.7. The minimum atomic E-state index is -0.104. The van der Waals surface area contributed by atoms with Gasteiger partial charge in [-0.25, -0.2) is 0 Å². The summed E-state index contributed by atoms with van der Waals surface area (Å²) in [4.78, 5) is 2.31. The molecule has 6 aromatic rings. The lowest BCUT2D eigenvalue weighted by molar-refractivity contribution is 0.661. The molecule has 6 aromatic carbocycles. The fourth-order valence-corrected chi connectivity index (χ4v) is 7.53. The molecular weight excluding hydrogens is 566 g/mol. The quantitative estimate of drug-likeness (QED) is 0.190. The first-order valence-corrected chi connectivity index (χ1v) is 16.2. The van der Waals surface area contributed by atoms with Gasteiger partial charge in [-0.2, -0.15) is 0 Å². The summed E-state index contributed by atoms with van der Waals surface area (Å²) in [6.45, 7) is 4.69. The van der Waals surface area contributed by atoms with Gasteiger partial charge in [0.05, 0.1) is 0 Å². The minimum absolute atomic E-state index is 0.104. The molecule has 45 heavy (non-hydrogen) atoms. The highest BCUT2D eigenvalue weighted by molar-refractivity contribution is 6.31. The van der Waals surface area contributed by atoms with Crippen LogP contribution in [0.3, 0.4) is 0 Å². The van der Waals surface area contributed by atoms with Crippen LogP contribution in [0.15, 0.2) is 146 Å². The highest BCUT2D eigenvalue weighted by atomic mass is 35.5. The normalized spacial score (nSPS) is 14.6. The molecule has 2 aliphatic rings. The van der Waals surface area contributed by atoms with Crippen molar-refractivity contribution in [2.75, 3.05) is 4.90 Å². The molecule has 2 heteroatoms. The highest BCUT2D eigenvalue weighted by Gasteiger charge is 2.37. The maximum absolute atomic E-state index is 7.00. The van der Waals surface area contributed by atoms with E-state index in [0.29, 0.717) is 5.02 Å². The molecule has 0 unspecified atom stereocenters. The molecule has 0 heterocycles. The van der Waals surface area contributed by atoms with Crippen molar-refractivity contribution in [3.05, 3.63) is 167 Å². The predicted molar refractivity (Wildman–Crippen MR) is 193 cm³/mol. The Kier molecular flexibility index (Phi) is 6.73. The zero-order valence-corrected chi connectivity index (χ0v) is 26.4. The Labute approximate surface area is 270 Å². The van der Waals surface area contributed by atoms with Gasteiger partial charge in [-0.05, 0) is 117 Å². The Morgan fingerprint density at radius 1 is 0.578 bits per heavy atom. The lowest BCUT2D eigenvalue weighted by atomic mass is 9.80. The Bertz CT molecular complexity index is 2130. The third-order valence-corrected chi connectivity index (χ3v) is 9.73. The minimum Gasteiger partial charge on any atom is -0.310 e. The molecule has 0 aromatic heterocycles. The van der Waals surface area contributed by atoms with E-state index < -0.39 is 0 Å². The van der Waals surface area contributed by atoms with Crippen molar-refractivity contribution < 1.29 is 0 Å². The third kappa shape index (κ3) is 4.71. The molecule has 0 radical (unpaired) electrons. The fraction of sp³-hybridized carbons (Fsp3) is 0.116. The summed E-state index contributed by atoms with van der Waals surface area (Å²) in [6, 6.07) is 46.1. The third-order valence-electron chi connectivity index (χ3n) is 9.51. The number of rotatable bonds is 5. The van der Waals surface area contributed by atoms with Crippen LogP contribution in [0, 0.1) is 0 Å². The van der Waals surface area contributed by atoms with Crippen LogP contribution in [0.1, 0.15) is 43.4 Å². The van der Waals surface area contributed by atoms with Crippen LogP contribution in [-0.4, -0.2) is 0 Å². The van der Waals surface area contributed by atoms with Crippen LogP contribution in [0.2, 0.25) is 5.02 Å². The lowest BCUT2D eigenvalue weighted by Crippen LogP contribution is -2.15. The van der Waals surface area contributed by atoms with Gasteiger partial charge < -0.3 is 4.90 Å². The monoisotopic (exact) mass is 599 g/mol. The Balaban J connectivity index is 1.30. The molecular formula is C43H34ClN. The van der Waals surface area contributed by atoms with Gasteiger partial charge in [0.15, 0.2) is 0 Å². The van der Waals surface area contributed by atoms with E-state index in [0.717, 1.165) is 35.5 Å². The number of fused-ring (bicyclic) bond motifs is 5. The van der Waals surface area contributed by atoms with E-state index in [9.17, 15) is 0 Å². The molecule has 2 aliphatic carbocycles. The number of allylic oxidation sites excluding steroid dienone is 4. The Morgan fingerprint density at radius 3 is 2.07 bits per heavy atom. The maximum Gasteiger partial charge on any atom is 0.0482 e. The molecule has 0 N–H and O–H groups in total. The van der Waals surface area contributed by atoms with Crippen molar-refractivity contribution >= 4 is 45.0 Å². The number of anilines is 3. The van der Waals surface area contributed by atoms with Gasteiger partial charge >= 0.3 is 0 Å². The zero-order valence-electron chi connectivity index (χ0n) is 25.6. The van der Waals surface area contributed by atoms with Gasteiger partial charge in [0, 0.05) is 27.5 Å². The smallest absolute Gasteiger partial charge is 0.0482 e. The number of hydrogen-bond acceptors (Lipinski definition) is 1. The van der Waals surface area contributed by atoms with Crippen LogP contribution >= 0.6 is 11.6 Å². The Hall–Kier alpha value is -4.85. The van der Waals surface area contributed by atoms with Crippen molar-refractivity contribution in [2.24, 2.45) is 0 Å². The number of benzene rings is 6. The van der Waals surface area contributed by atoms with E-state index >= 15 is 0 Å². The van der Waals surface area contributed by atoms with E-state index in [2.05, 4.69) is 164 Å². The molecule has 218 valence electrons. The van der Waals surface area contributed by atoms with E-state index in [1.165, 1.54) is 49.7 Å². The highest BCUT2D eigenvalue weighted by Crippen LogP contribution is 2.53. The standard InChI is InChI=1S/C43H34ClN/c1-43(2)40-20-12-11-19-38(40)42-37-18-10-9-17-36(37)39(28-41(42)43)31-25-32(44)27-35(26-31)45(33-15-7-4-8-16-33)34-23-21-30(22-24-34)29-13-5-3-6-14-29/h4-5,7-28H,3,6H2,1-2H3.